The Labute approximate surface area is 215 Å². The third-order valence-corrected chi connectivity index (χ3v) is 6.37. The number of ketones is 2. The lowest BCUT2D eigenvalue weighted by Gasteiger charge is -2.12. The first kappa shape index (κ1) is 23.9. The lowest BCUT2D eigenvalue weighted by atomic mass is 10.00. The Morgan fingerprint density at radius 3 is 2.08 bits per heavy atom. The van der Waals surface area contributed by atoms with E-state index in [0.717, 1.165) is 12.0 Å². The molecule has 5 heteroatoms. The van der Waals surface area contributed by atoms with Gasteiger partial charge < -0.3 is 9.47 Å². The highest BCUT2D eigenvalue weighted by molar-refractivity contribution is 6.41. The van der Waals surface area contributed by atoms with Gasteiger partial charge in [-0.25, -0.2) is 4.79 Å². The van der Waals surface area contributed by atoms with Crippen LogP contribution in [0.5, 0.6) is 11.5 Å². The summed E-state index contributed by atoms with van der Waals surface area (Å²) in [6, 6.07) is 29.2. The molecule has 0 N–H and O–H groups in total. The third kappa shape index (κ3) is 4.98. The summed E-state index contributed by atoms with van der Waals surface area (Å²) in [6.45, 7) is 0. The van der Waals surface area contributed by atoms with Crippen LogP contribution in [-0.4, -0.2) is 24.6 Å². The van der Waals surface area contributed by atoms with E-state index in [1.165, 1.54) is 18.7 Å². The average Bonchev–Trinajstić information content (AvgIpc) is 3.18. The second-order valence-electron chi connectivity index (χ2n) is 8.70. The van der Waals surface area contributed by atoms with Crippen molar-refractivity contribution in [2.24, 2.45) is 0 Å². The van der Waals surface area contributed by atoms with Gasteiger partial charge in [-0.2, -0.15) is 0 Å². The van der Waals surface area contributed by atoms with Crippen molar-refractivity contribution in [2.75, 3.05) is 7.11 Å². The molecule has 0 saturated heterocycles. The molecule has 0 unspecified atom stereocenters. The lowest BCUT2D eigenvalue weighted by Crippen LogP contribution is -2.12. The standard InChI is InChI=1S/C32H24O5/c1-36-29-20-22(19-27-30(33)25-13-7-8-14-26(25)31(27)34)16-18-28(29)37-32(35)24-12-6-5-11-23(24)17-15-21-9-3-2-4-10-21/h2-14,16,18-20H,15,17H2,1H3. The van der Waals surface area contributed by atoms with Gasteiger partial charge in [-0.05, 0) is 53.8 Å². The summed E-state index contributed by atoms with van der Waals surface area (Å²) in [4.78, 5) is 38.6. The Morgan fingerprint density at radius 2 is 1.38 bits per heavy atom. The largest absolute Gasteiger partial charge is 0.493 e. The van der Waals surface area contributed by atoms with Gasteiger partial charge in [-0.3, -0.25) is 9.59 Å². The van der Waals surface area contributed by atoms with E-state index in [2.05, 4.69) is 12.1 Å². The van der Waals surface area contributed by atoms with E-state index in [0.29, 0.717) is 34.4 Å². The van der Waals surface area contributed by atoms with Crippen LogP contribution in [0.4, 0.5) is 0 Å². The zero-order chi connectivity index (χ0) is 25.8. The Morgan fingerprint density at radius 1 is 0.730 bits per heavy atom. The van der Waals surface area contributed by atoms with Crippen molar-refractivity contribution in [3.05, 3.63) is 136 Å². The molecule has 182 valence electrons. The number of carbonyl (C=O) groups excluding carboxylic acids is 3. The van der Waals surface area contributed by atoms with Crippen LogP contribution in [0.25, 0.3) is 6.08 Å². The van der Waals surface area contributed by atoms with E-state index < -0.39 is 5.97 Å². The van der Waals surface area contributed by atoms with Crippen LogP contribution < -0.4 is 9.47 Å². The number of fused-ring (bicyclic) bond motifs is 1. The molecule has 4 aromatic carbocycles. The van der Waals surface area contributed by atoms with Crippen LogP contribution in [0, 0.1) is 0 Å². The molecule has 0 spiro atoms. The van der Waals surface area contributed by atoms with E-state index in [1.54, 1.807) is 48.5 Å². The summed E-state index contributed by atoms with van der Waals surface area (Å²) in [6.07, 6.45) is 3.04. The van der Waals surface area contributed by atoms with Crippen LogP contribution in [0.1, 0.15) is 47.8 Å². The second kappa shape index (κ2) is 10.5. The molecule has 0 fully saturated rings. The summed E-state index contributed by atoms with van der Waals surface area (Å²) in [7, 11) is 1.47. The monoisotopic (exact) mass is 488 g/mol. The van der Waals surface area contributed by atoms with Gasteiger partial charge in [0.05, 0.1) is 18.2 Å². The minimum atomic E-state index is -0.482. The summed E-state index contributed by atoms with van der Waals surface area (Å²) in [5.41, 5.74) is 4.08. The van der Waals surface area contributed by atoms with Crippen LogP contribution in [-0.2, 0) is 12.8 Å². The summed E-state index contributed by atoms with van der Waals surface area (Å²) in [5.74, 6) is -0.520. The van der Waals surface area contributed by atoms with E-state index in [-0.39, 0.29) is 22.9 Å². The number of aryl methyl sites for hydroxylation is 2. The number of Topliss-reactive ketones (excluding diaryl/α,β-unsaturated/α-hetero) is 2. The molecule has 1 aliphatic rings. The van der Waals surface area contributed by atoms with Crippen molar-refractivity contribution in [2.45, 2.75) is 12.8 Å². The smallest absolute Gasteiger partial charge is 0.343 e. The van der Waals surface area contributed by atoms with Crippen LogP contribution in [0.2, 0.25) is 0 Å². The van der Waals surface area contributed by atoms with Crippen molar-refractivity contribution in [3.63, 3.8) is 0 Å². The number of carbonyl (C=O) groups is 3. The topological polar surface area (TPSA) is 69.7 Å². The predicted molar refractivity (Wildman–Crippen MR) is 141 cm³/mol. The molecule has 0 radical (unpaired) electrons. The lowest BCUT2D eigenvalue weighted by molar-refractivity contribution is 0.0728. The van der Waals surface area contributed by atoms with Gasteiger partial charge in [0, 0.05) is 11.1 Å². The predicted octanol–water partition coefficient (Wildman–Crippen LogP) is 6.16. The molecule has 0 heterocycles. The Hall–Kier alpha value is -4.77. The van der Waals surface area contributed by atoms with Gasteiger partial charge in [0.15, 0.2) is 23.1 Å². The van der Waals surface area contributed by atoms with Gasteiger partial charge in [-0.15, -0.1) is 0 Å². The zero-order valence-corrected chi connectivity index (χ0v) is 20.3. The normalized spacial score (nSPS) is 12.3. The molecule has 0 bridgehead atoms. The fourth-order valence-corrected chi connectivity index (χ4v) is 4.44. The molecule has 4 aromatic rings. The summed E-state index contributed by atoms with van der Waals surface area (Å²) >= 11 is 0. The van der Waals surface area contributed by atoms with E-state index in [4.69, 9.17) is 9.47 Å². The first-order chi connectivity index (χ1) is 18.0. The van der Waals surface area contributed by atoms with Crippen LogP contribution >= 0.6 is 0 Å². The number of rotatable bonds is 7. The number of allylic oxidation sites excluding steroid dienone is 1. The highest BCUT2D eigenvalue weighted by Crippen LogP contribution is 2.32. The Kier molecular flexibility index (Phi) is 6.77. The molecule has 0 aromatic heterocycles. The number of hydrogen-bond acceptors (Lipinski definition) is 5. The Balaban J connectivity index is 1.35. The molecule has 5 rings (SSSR count). The minimum absolute atomic E-state index is 0.0975. The maximum absolute atomic E-state index is 13.1. The fraction of sp³-hybridized carbons (Fsp3) is 0.0938. The Bertz CT molecular complexity index is 1500. The second-order valence-corrected chi connectivity index (χ2v) is 8.70. The quantitative estimate of drug-likeness (QED) is 0.135. The number of ether oxygens (including phenoxy) is 2. The van der Waals surface area contributed by atoms with E-state index in [9.17, 15) is 14.4 Å². The van der Waals surface area contributed by atoms with Gasteiger partial charge in [0.25, 0.3) is 0 Å². The molecule has 37 heavy (non-hydrogen) atoms. The van der Waals surface area contributed by atoms with Crippen molar-refractivity contribution < 1.29 is 23.9 Å². The highest BCUT2D eigenvalue weighted by Gasteiger charge is 2.32. The van der Waals surface area contributed by atoms with Gasteiger partial charge in [-0.1, -0.05) is 78.9 Å². The van der Waals surface area contributed by atoms with Gasteiger partial charge in [0.2, 0.25) is 0 Å². The first-order valence-corrected chi connectivity index (χ1v) is 12.0. The third-order valence-electron chi connectivity index (χ3n) is 6.37. The van der Waals surface area contributed by atoms with E-state index >= 15 is 0 Å². The van der Waals surface area contributed by atoms with Gasteiger partial charge in [0.1, 0.15) is 0 Å². The van der Waals surface area contributed by atoms with Crippen LogP contribution in [0.15, 0.2) is 103 Å². The molecule has 0 saturated carbocycles. The molecule has 0 aliphatic heterocycles. The first-order valence-electron chi connectivity index (χ1n) is 12.0. The number of esters is 1. The van der Waals surface area contributed by atoms with Crippen LogP contribution in [0.3, 0.4) is 0 Å². The average molecular weight is 489 g/mol. The fourth-order valence-electron chi connectivity index (χ4n) is 4.44. The highest BCUT2D eigenvalue weighted by atomic mass is 16.6. The van der Waals surface area contributed by atoms with Crippen molar-refractivity contribution in [1.82, 2.24) is 0 Å². The molecular formula is C32H24O5. The molecule has 1 aliphatic carbocycles. The molecule has 0 atom stereocenters. The molecule has 5 nitrogen and oxygen atoms in total. The maximum atomic E-state index is 13.1. The SMILES string of the molecule is COc1cc(C=C2C(=O)c3ccccc3C2=O)ccc1OC(=O)c1ccccc1CCc1ccccc1. The zero-order valence-electron chi connectivity index (χ0n) is 20.3. The maximum Gasteiger partial charge on any atom is 0.343 e. The minimum Gasteiger partial charge on any atom is -0.493 e. The number of methoxy groups -OCH3 is 1. The summed E-state index contributed by atoms with van der Waals surface area (Å²) < 4.78 is 11.2. The van der Waals surface area contributed by atoms with Gasteiger partial charge >= 0.3 is 5.97 Å². The van der Waals surface area contributed by atoms with E-state index in [1.807, 2.05) is 36.4 Å². The van der Waals surface area contributed by atoms with Crippen molar-refractivity contribution in [3.8, 4) is 11.5 Å². The van der Waals surface area contributed by atoms with Crippen molar-refractivity contribution in [1.29, 1.82) is 0 Å². The van der Waals surface area contributed by atoms with Crippen molar-refractivity contribution >= 4 is 23.6 Å². The number of benzene rings is 4. The molecule has 0 amide bonds. The number of hydrogen-bond donors (Lipinski definition) is 0. The summed E-state index contributed by atoms with van der Waals surface area (Å²) in [5, 5.41) is 0. The molecular weight excluding hydrogens is 464 g/mol.